The fourth-order valence-corrected chi connectivity index (χ4v) is 3.78. The van der Waals surface area contributed by atoms with Crippen LogP contribution in [0.3, 0.4) is 0 Å². The van der Waals surface area contributed by atoms with Crippen molar-refractivity contribution in [3.63, 3.8) is 0 Å². The molecule has 1 aliphatic heterocycles. The predicted octanol–water partition coefficient (Wildman–Crippen LogP) is 2.54. The average Bonchev–Trinajstić information content (AvgIpc) is 2.48. The first-order valence-corrected chi connectivity index (χ1v) is 8.79. The van der Waals surface area contributed by atoms with Crippen LogP contribution in [0.2, 0.25) is 0 Å². The van der Waals surface area contributed by atoms with Crippen LogP contribution >= 0.6 is 0 Å². The second-order valence-electron chi connectivity index (χ2n) is 7.30. The summed E-state index contributed by atoms with van der Waals surface area (Å²) < 4.78 is 0. The Morgan fingerprint density at radius 1 is 1.14 bits per heavy atom. The number of hydrogen-bond donors (Lipinski definition) is 1. The second kappa shape index (κ2) is 8.02. The summed E-state index contributed by atoms with van der Waals surface area (Å²) in [6, 6.07) is 0.549. The summed E-state index contributed by atoms with van der Waals surface area (Å²) in [7, 11) is 4.38. The molecule has 1 saturated carbocycles. The predicted molar refractivity (Wildman–Crippen MR) is 90.5 cm³/mol. The molecule has 0 amide bonds. The van der Waals surface area contributed by atoms with E-state index in [0.29, 0.717) is 6.04 Å². The van der Waals surface area contributed by atoms with Crippen molar-refractivity contribution in [3.05, 3.63) is 0 Å². The van der Waals surface area contributed by atoms with Gasteiger partial charge in [-0.3, -0.25) is 4.99 Å². The standard InChI is InChI=1S/C17H34N4/c1-14-9-11-21(12-10-14)17(18)19-13-16(20(2)3)15-7-5-4-6-8-15/h14-16H,4-13H2,1-3H3,(H2,18,19). The molecule has 0 spiro atoms. The molecule has 1 heterocycles. The van der Waals surface area contributed by atoms with Crippen molar-refractivity contribution < 1.29 is 0 Å². The molecule has 2 aliphatic rings. The van der Waals surface area contributed by atoms with Crippen molar-refractivity contribution in [2.24, 2.45) is 22.6 Å². The van der Waals surface area contributed by atoms with Gasteiger partial charge < -0.3 is 15.5 Å². The number of nitrogens with two attached hydrogens (primary N) is 1. The highest BCUT2D eigenvalue weighted by molar-refractivity contribution is 5.78. The third-order valence-electron chi connectivity index (χ3n) is 5.41. The first-order valence-electron chi connectivity index (χ1n) is 8.79. The Bertz CT molecular complexity index is 326. The van der Waals surface area contributed by atoms with E-state index in [2.05, 4.69) is 30.8 Å². The van der Waals surface area contributed by atoms with Gasteiger partial charge in [0.25, 0.3) is 0 Å². The number of piperidine rings is 1. The molecule has 0 aromatic carbocycles. The number of nitrogens with zero attached hydrogens (tertiary/aromatic N) is 3. The molecular formula is C17H34N4. The zero-order valence-corrected chi connectivity index (χ0v) is 14.2. The normalized spacial score (nSPS) is 24.6. The molecule has 21 heavy (non-hydrogen) atoms. The van der Waals surface area contributed by atoms with E-state index in [0.717, 1.165) is 37.4 Å². The second-order valence-corrected chi connectivity index (χ2v) is 7.30. The molecule has 2 N–H and O–H groups in total. The molecule has 4 nitrogen and oxygen atoms in total. The number of aliphatic imine (C=N–C) groups is 1. The lowest BCUT2D eigenvalue weighted by atomic mass is 9.83. The van der Waals surface area contributed by atoms with E-state index in [4.69, 9.17) is 10.7 Å². The molecule has 122 valence electrons. The molecule has 1 unspecified atom stereocenters. The van der Waals surface area contributed by atoms with Gasteiger partial charge in [-0.05, 0) is 51.6 Å². The highest BCUT2D eigenvalue weighted by atomic mass is 15.3. The Balaban J connectivity index is 1.88. The summed E-state index contributed by atoms with van der Waals surface area (Å²) in [5.41, 5.74) is 6.23. The third-order valence-corrected chi connectivity index (χ3v) is 5.41. The molecule has 0 bridgehead atoms. The van der Waals surface area contributed by atoms with Crippen LogP contribution in [0.1, 0.15) is 51.9 Å². The van der Waals surface area contributed by atoms with E-state index in [1.165, 1.54) is 44.9 Å². The summed E-state index contributed by atoms with van der Waals surface area (Å²) in [6.07, 6.45) is 9.40. The fourth-order valence-electron chi connectivity index (χ4n) is 3.78. The molecule has 1 saturated heterocycles. The lowest BCUT2D eigenvalue weighted by molar-refractivity contribution is 0.175. The van der Waals surface area contributed by atoms with Crippen molar-refractivity contribution in [2.75, 3.05) is 33.7 Å². The minimum absolute atomic E-state index is 0.549. The number of likely N-dealkylation sites (N-methyl/N-ethyl adjacent to an activating group) is 1. The van der Waals surface area contributed by atoms with Crippen molar-refractivity contribution in [1.82, 2.24) is 9.80 Å². The van der Waals surface area contributed by atoms with Gasteiger partial charge in [0.15, 0.2) is 5.96 Å². The molecule has 2 rings (SSSR count). The molecule has 0 aromatic heterocycles. The van der Waals surface area contributed by atoms with E-state index in [-0.39, 0.29) is 0 Å². The van der Waals surface area contributed by atoms with Gasteiger partial charge in [0.05, 0.1) is 6.54 Å². The monoisotopic (exact) mass is 294 g/mol. The van der Waals surface area contributed by atoms with E-state index in [1.807, 2.05) is 0 Å². The average molecular weight is 294 g/mol. The molecular weight excluding hydrogens is 260 g/mol. The third kappa shape index (κ3) is 4.87. The minimum atomic E-state index is 0.549. The van der Waals surface area contributed by atoms with Crippen molar-refractivity contribution >= 4 is 5.96 Å². The Labute approximate surface area is 130 Å². The van der Waals surface area contributed by atoms with Crippen molar-refractivity contribution in [2.45, 2.75) is 57.9 Å². The summed E-state index contributed by atoms with van der Waals surface area (Å²) in [5.74, 6) is 2.40. The smallest absolute Gasteiger partial charge is 0.191 e. The molecule has 2 fully saturated rings. The van der Waals surface area contributed by atoms with Gasteiger partial charge in [-0.1, -0.05) is 26.2 Å². The van der Waals surface area contributed by atoms with Crippen LogP contribution in [0.5, 0.6) is 0 Å². The van der Waals surface area contributed by atoms with Crippen LogP contribution in [-0.4, -0.2) is 55.5 Å². The van der Waals surface area contributed by atoms with Crippen molar-refractivity contribution in [1.29, 1.82) is 0 Å². The van der Waals surface area contributed by atoms with Gasteiger partial charge >= 0.3 is 0 Å². The Kier molecular flexibility index (Phi) is 6.34. The van der Waals surface area contributed by atoms with E-state index >= 15 is 0 Å². The minimum Gasteiger partial charge on any atom is -0.370 e. The van der Waals surface area contributed by atoms with Gasteiger partial charge in [-0.2, -0.15) is 0 Å². The fraction of sp³-hybridized carbons (Fsp3) is 0.941. The maximum atomic E-state index is 6.23. The molecule has 0 radical (unpaired) electrons. The summed E-state index contributed by atoms with van der Waals surface area (Å²) in [4.78, 5) is 9.37. The molecule has 1 aliphatic carbocycles. The molecule has 0 aromatic rings. The lowest BCUT2D eigenvalue weighted by Crippen LogP contribution is -2.44. The van der Waals surface area contributed by atoms with E-state index in [1.54, 1.807) is 0 Å². The van der Waals surface area contributed by atoms with Gasteiger partial charge in [-0.25, -0.2) is 0 Å². The zero-order valence-electron chi connectivity index (χ0n) is 14.2. The molecule has 4 heteroatoms. The SMILES string of the molecule is CC1CCN(C(N)=NCC(C2CCCCC2)N(C)C)CC1. The quantitative estimate of drug-likeness (QED) is 0.640. The maximum absolute atomic E-state index is 6.23. The first kappa shape index (κ1) is 16.6. The van der Waals surface area contributed by atoms with Gasteiger partial charge in [-0.15, -0.1) is 0 Å². The van der Waals surface area contributed by atoms with Gasteiger partial charge in [0.1, 0.15) is 0 Å². The van der Waals surface area contributed by atoms with Gasteiger partial charge in [0, 0.05) is 19.1 Å². The number of guanidine groups is 1. The highest BCUT2D eigenvalue weighted by Crippen LogP contribution is 2.28. The summed E-state index contributed by atoms with van der Waals surface area (Å²) >= 11 is 0. The van der Waals surface area contributed by atoms with Crippen LogP contribution in [0.25, 0.3) is 0 Å². The van der Waals surface area contributed by atoms with Crippen LogP contribution in [0, 0.1) is 11.8 Å². The Morgan fingerprint density at radius 3 is 2.33 bits per heavy atom. The van der Waals surface area contributed by atoms with Gasteiger partial charge in [0.2, 0.25) is 0 Å². The maximum Gasteiger partial charge on any atom is 0.191 e. The Hall–Kier alpha value is -0.770. The largest absolute Gasteiger partial charge is 0.370 e. The van der Waals surface area contributed by atoms with Crippen LogP contribution in [-0.2, 0) is 0 Å². The van der Waals surface area contributed by atoms with Crippen LogP contribution in [0.15, 0.2) is 4.99 Å². The van der Waals surface area contributed by atoms with Crippen LogP contribution in [0.4, 0.5) is 0 Å². The van der Waals surface area contributed by atoms with E-state index < -0.39 is 0 Å². The number of likely N-dealkylation sites (tertiary alicyclic amines) is 1. The summed E-state index contributed by atoms with van der Waals surface area (Å²) in [6.45, 7) is 5.34. The Morgan fingerprint density at radius 2 is 1.76 bits per heavy atom. The van der Waals surface area contributed by atoms with E-state index in [9.17, 15) is 0 Å². The lowest BCUT2D eigenvalue weighted by Gasteiger charge is -2.35. The zero-order chi connectivity index (χ0) is 15.2. The topological polar surface area (TPSA) is 44.9 Å². The van der Waals surface area contributed by atoms with Crippen LogP contribution < -0.4 is 5.73 Å². The van der Waals surface area contributed by atoms with Crippen molar-refractivity contribution in [3.8, 4) is 0 Å². The summed E-state index contributed by atoms with van der Waals surface area (Å²) in [5, 5.41) is 0. The number of hydrogen-bond acceptors (Lipinski definition) is 2. The highest BCUT2D eigenvalue weighted by Gasteiger charge is 2.25. The molecule has 1 atom stereocenters. The first-order chi connectivity index (χ1) is 10.1. The number of rotatable bonds is 4.